The number of anilines is 1. The van der Waals surface area contributed by atoms with Crippen LogP contribution in [0.3, 0.4) is 0 Å². The molecular weight excluding hydrogens is 397 g/mol. The fraction of sp³-hybridized carbons (Fsp3) is 0. The highest BCUT2D eigenvalue weighted by molar-refractivity contribution is 14.1. The summed E-state index contributed by atoms with van der Waals surface area (Å²) in [5.74, 6) is 0.184. The molecule has 0 aliphatic carbocycles. The number of nitro groups is 1. The van der Waals surface area contributed by atoms with Crippen molar-refractivity contribution in [1.29, 1.82) is 0 Å². The summed E-state index contributed by atoms with van der Waals surface area (Å²) in [4.78, 5) is 13.8. The topological polar surface area (TPSA) is 102 Å². The van der Waals surface area contributed by atoms with Crippen molar-refractivity contribution in [2.45, 2.75) is 4.90 Å². The zero-order chi connectivity index (χ0) is 14.8. The van der Waals surface area contributed by atoms with Crippen molar-refractivity contribution in [3.05, 3.63) is 56.3 Å². The second-order valence-electron chi connectivity index (χ2n) is 3.72. The van der Waals surface area contributed by atoms with Crippen LogP contribution in [0.4, 0.5) is 11.5 Å². The monoisotopic (exact) mass is 405 g/mol. The number of hydrogen-bond donors (Lipinski definition) is 1. The van der Waals surface area contributed by atoms with E-state index < -0.39 is 14.9 Å². The molecule has 9 heteroatoms. The SMILES string of the molecule is O=[N+]([O-])c1ccc(S(=O)(=O)Nc2ccc(I)cn2)cc1. The second-order valence-corrected chi connectivity index (χ2v) is 6.65. The molecule has 0 spiro atoms. The van der Waals surface area contributed by atoms with Gasteiger partial charge in [0.1, 0.15) is 5.82 Å². The molecule has 104 valence electrons. The van der Waals surface area contributed by atoms with Crippen molar-refractivity contribution in [3.8, 4) is 0 Å². The van der Waals surface area contributed by atoms with E-state index in [1.54, 1.807) is 6.07 Å². The molecule has 0 saturated carbocycles. The lowest BCUT2D eigenvalue weighted by Crippen LogP contribution is -2.13. The van der Waals surface area contributed by atoms with Crippen LogP contribution in [0.1, 0.15) is 0 Å². The standard InChI is InChI=1S/C11H8IN3O4S/c12-8-1-6-11(13-7-8)14-20(18,19)10-4-2-9(3-5-10)15(16)17/h1-7H,(H,13,14). The van der Waals surface area contributed by atoms with Gasteiger partial charge in [0.15, 0.2) is 0 Å². The second kappa shape index (κ2) is 5.71. The third-order valence-corrected chi connectivity index (χ3v) is 4.33. The molecule has 0 aliphatic rings. The highest BCUT2D eigenvalue weighted by Gasteiger charge is 2.16. The van der Waals surface area contributed by atoms with E-state index in [0.717, 1.165) is 15.7 Å². The van der Waals surface area contributed by atoms with E-state index in [-0.39, 0.29) is 16.4 Å². The molecule has 2 aromatic rings. The fourth-order valence-electron chi connectivity index (χ4n) is 1.38. The van der Waals surface area contributed by atoms with Crippen molar-refractivity contribution in [2.24, 2.45) is 0 Å². The number of pyridine rings is 1. The Morgan fingerprint density at radius 3 is 2.30 bits per heavy atom. The van der Waals surface area contributed by atoms with Gasteiger partial charge in [-0.25, -0.2) is 13.4 Å². The van der Waals surface area contributed by atoms with Gasteiger partial charge in [-0.3, -0.25) is 14.8 Å². The van der Waals surface area contributed by atoms with Gasteiger partial charge in [0.25, 0.3) is 15.7 Å². The first-order valence-electron chi connectivity index (χ1n) is 5.27. The number of nitrogens with one attached hydrogen (secondary N) is 1. The number of hydrogen-bond acceptors (Lipinski definition) is 5. The van der Waals surface area contributed by atoms with Crippen molar-refractivity contribution in [1.82, 2.24) is 4.98 Å². The summed E-state index contributed by atoms with van der Waals surface area (Å²) in [6, 6.07) is 7.86. The number of benzene rings is 1. The predicted octanol–water partition coefficient (Wildman–Crippen LogP) is 2.40. The van der Waals surface area contributed by atoms with Crippen LogP contribution in [0.5, 0.6) is 0 Å². The van der Waals surface area contributed by atoms with Gasteiger partial charge in [0.05, 0.1) is 9.82 Å². The summed E-state index contributed by atoms with van der Waals surface area (Å²) in [5.41, 5.74) is -0.170. The van der Waals surface area contributed by atoms with Gasteiger partial charge in [-0.05, 0) is 46.9 Å². The molecular formula is C11H8IN3O4S. The molecule has 20 heavy (non-hydrogen) atoms. The zero-order valence-corrected chi connectivity index (χ0v) is 12.8. The van der Waals surface area contributed by atoms with Crippen LogP contribution >= 0.6 is 22.6 Å². The maximum Gasteiger partial charge on any atom is 0.269 e. The summed E-state index contributed by atoms with van der Waals surface area (Å²) in [5, 5.41) is 10.5. The van der Waals surface area contributed by atoms with Crippen LogP contribution in [0.15, 0.2) is 47.5 Å². The largest absolute Gasteiger partial charge is 0.269 e. The third kappa shape index (κ3) is 3.42. The smallest absolute Gasteiger partial charge is 0.263 e. The molecule has 0 atom stereocenters. The van der Waals surface area contributed by atoms with Gasteiger partial charge in [-0.2, -0.15) is 0 Å². The summed E-state index contributed by atoms with van der Waals surface area (Å²) in [6.07, 6.45) is 1.52. The lowest BCUT2D eigenvalue weighted by Gasteiger charge is -2.06. The predicted molar refractivity (Wildman–Crippen MR) is 80.9 cm³/mol. The van der Waals surface area contributed by atoms with E-state index >= 15 is 0 Å². The molecule has 0 radical (unpaired) electrons. The van der Waals surface area contributed by atoms with Crippen LogP contribution in [-0.4, -0.2) is 18.3 Å². The molecule has 7 nitrogen and oxygen atoms in total. The summed E-state index contributed by atoms with van der Waals surface area (Å²) < 4.78 is 27.3. The first-order valence-corrected chi connectivity index (χ1v) is 7.83. The summed E-state index contributed by atoms with van der Waals surface area (Å²) in [7, 11) is -3.81. The number of sulfonamides is 1. The average molecular weight is 405 g/mol. The summed E-state index contributed by atoms with van der Waals surface area (Å²) in [6.45, 7) is 0. The quantitative estimate of drug-likeness (QED) is 0.478. The molecule has 2 rings (SSSR count). The minimum atomic E-state index is -3.81. The number of nitro benzene ring substituents is 1. The van der Waals surface area contributed by atoms with Crippen LogP contribution in [0.25, 0.3) is 0 Å². The molecule has 1 aromatic carbocycles. The van der Waals surface area contributed by atoms with Crippen molar-refractivity contribution < 1.29 is 13.3 Å². The normalized spacial score (nSPS) is 11.1. The molecule has 0 saturated heterocycles. The Labute approximate surface area is 128 Å². The number of aromatic nitrogens is 1. The molecule has 0 amide bonds. The van der Waals surface area contributed by atoms with E-state index in [9.17, 15) is 18.5 Å². The maximum atomic E-state index is 12.0. The van der Waals surface area contributed by atoms with Gasteiger partial charge in [-0.1, -0.05) is 0 Å². The average Bonchev–Trinajstić information content (AvgIpc) is 2.41. The lowest BCUT2D eigenvalue weighted by molar-refractivity contribution is -0.384. The third-order valence-electron chi connectivity index (χ3n) is 2.32. The van der Waals surface area contributed by atoms with Crippen LogP contribution < -0.4 is 4.72 Å². The van der Waals surface area contributed by atoms with Crippen molar-refractivity contribution in [3.63, 3.8) is 0 Å². The highest BCUT2D eigenvalue weighted by Crippen LogP contribution is 2.18. The van der Waals surface area contributed by atoms with Crippen LogP contribution in [0, 0.1) is 13.7 Å². The van der Waals surface area contributed by atoms with Gasteiger partial charge < -0.3 is 0 Å². The Morgan fingerprint density at radius 1 is 1.15 bits per heavy atom. The Balaban J connectivity index is 2.26. The van der Waals surface area contributed by atoms with Gasteiger partial charge in [0.2, 0.25) is 0 Å². The van der Waals surface area contributed by atoms with Gasteiger partial charge >= 0.3 is 0 Å². The van der Waals surface area contributed by atoms with Crippen molar-refractivity contribution in [2.75, 3.05) is 4.72 Å². The van der Waals surface area contributed by atoms with E-state index in [1.165, 1.54) is 24.4 Å². The zero-order valence-electron chi connectivity index (χ0n) is 9.86. The van der Waals surface area contributed by atoms with Crippen LogP contribution in [-0.2, 0) is 10.0 Å². The molecule has 1 N–H and O–H groups in total. The molecule has 0 unspecified atom stereocenters. The lowest BCUT2D eigenvalue weighted by atomic mass is 10.3. The Bertz CT molecular complexity index is 729. The number of rotatable bonds is 4. The molecule has 0 aliphatic heterocycles. The van der Waals surface area contributed by atoms with Gasteiger partial charge in [-0.15, -0.1) is 0 Å². The minimum absolute atomic E-state index is 0.0662. The Kier molecular flexibility index (Phi) is 4.18. The Hall–Kier alpha value is -1.75. The number of nitrogens with zero attached hydrogens (tertiary/aromatic N) is 2. The van der Waals surface area contributed by atoms with Gasteiger partial charge in [0, 0.05) is 21.9 Å². The van der Waals surface area contributed by atoms with Crippen molar-refractivity contribution >= 4 is 44.1 Å². The number of halogens is 1. The molecule has 0 fully saturated rings. The molecule has 1 heterocycles. The summed E-state index contributed by atoms with van der Waals surface area (Å²) >= 11 is 2.05. The molecule has 0 bridgehead atoms. The van der Waals surface area contributed by atoms with E-state index in [0.29, 0.717) is 0 Å². The molecule has 1 aromatic heterocycles. The number of non-ortho nitro benzene ring substituents is 1. The highest BCUT2D eigenvalue weighted by atomic mass is 127. The van der Waals surface area contributed by atoms with E-state index in [2.05, 4.69) is 32.3 Å². The Morgan fingerprint density at radius 2 is 1.80 bits per heavy atom. The maximum absolute atomic E-state index is 12.0. The first-order chi connectivity index (χ1) is 9.38. The van der Waals surface area contributed by atoms with E-state index in [4.69, 9.17) is 0 Å². The van der Waals surface area contributed by atoms with Crippen LogP contribution in [0.2, 0.25) is 0 Å². The van der Waals surface area contributed by atoms with E-state index in [1.807, 2.05) is 0 Å². The fourth-order valence-corrected chi connectivity index (χ4v) is 2.71. The first kappa shape index (κ1) is 14.7. The minimum Gasteiger partial charge on any atom is -0.263 e.